The van der Waals surface area contributed by atoms with Crippen molar-refractivity contribution in [2.75, 3.05) is 32.2 Å². The summed E-state index contributed by atoms with van der Waals surface area (Å²) in [6.07, 6.45) is 4.57. The molecule has 3 aliphatic heterocycles. The van der Waals surface area contributed by atoms with E-state index in [1.54, 1.807) is 42.3 Å². The van der Waals surface area contributed by atoms with Crippen LogP contribution in [0.2, 0.25) is 0 Å². The van der Waals surface area contributed by atoms with Crippen LogP contribution in [-0.2, 0) is 4.79 Å². The fraction of sp³-hybridized carbons (Fsp3) is 0.500. The molecule has 1 saturated heterocycles. The van der Waals surface area contributed by atoms with Crippen LogP contribution in [0.25, 0.3) is 0 Å². The maximum Gasteiger partial charge on any atom is 0.422 e. The Morgan fingerprint density at radius 2 is 2.03 bits per heavy atom. The van der Waals surface area contributed by atoms with E-state index in [2.05, 4.69) is 40.8 Å². The number of alkyl halides is 3. The van der Waals surface area contributed by atoms with Crippen LogP contribution in [0.15, 0.2) is 47.6 Å². The number of likely N-dealkylation sites (N-methyl/N-ethyl adjacent to an activating group) is 1. The van der Waals surface area contributed by atoms with Crippen LogP contribution in [-0.4, -0.2) is 71.3 Å². The van der Waals surface area contributed by atoms with Gasteiger partial charge in [-0.1, -0.05) is 0 Å². The van der Waals surface area contributed by atoms with Gasteiger partial charge in [0.15, 0.2) is 12.4 Å². The minimum Gasteiger partial charge on any atom is -0.478 e. The van der Waals surface area contributed by atoms with Gasteiger partial charge in [-0.25, -0.2) is 14.4 Å². The second-order valence-electron chi connectivity index (χ2n) is 8.79. The van der Waals surface area contributed by atoms with Crippen molar-refractivity contribution < 1.29 is 31.8 Å². The van der Waals surface area contributed by atoms with E-state index in [1.807, 2.05) is 0 Å². The molecule has 198 valence electrons. The minimum absolute atomic E-state index is 0.286. The van der Waals surface area contributed by atoms with Gasteiger partial charge in [-0.3, -0.25) is 5.01 Å². The Morgan fingerprint density at radius 1 is 1.33 bits per heavy atom. The topological polar surface area (TPSA) is 66.9 Å². The largest absolute Gasteiger partial charge is 0.478 e. The first kappa shape index (κ1) is 28.0. The summed E-state index contributed by atoms with van der Waals surface area (Å²) in [5.74, 6) is 1.32. The summed E-state index contributed by atoms with van der Waals surface area (Å²) in [5, 5.41) is 6.80. The van der Waals surface area contributed by atoms with Crippen molar-refractivity contribution in [2.45, 2.75) is 44.4 Å². The molecule has 0 amide bonds. The standard InChI is InChI=1S/C17H15F4N3O3.C7H15NS/c1-10-13-6-12(8-25)23(2)24(13)4-3-14(10)27-16-15(5-11(18)7-22-16)26-9-17(19,20)21;1-7(8-2)3-5-9-6-4-7/h3-8,12H,9H2,1-2H3;8H,3-6H2,1-2H3. The number of aromatic nitrogens is 1. The molecule has 1 aromatic rings. The van der Waals surface area contributed by atoms with E-state index in [1.165, 1.54) is 24.3 Å². The zero-order valence-electron chi connectivity index (χ0n) is 20.6. The molecule has 36 heavy (non-hydrogen) atoms. The number of nitrogens with one attached hydrogen (secondary N) is 1. The molecular formula is C24H30F4N4O3S. The first-order valence-corrected chi connectivity index (χ1v) is 12.5. The number of hydrogen-bond donors (Lipinski definition) is 1. The van der Waals surface area contributed by atoms with E-state index in [9.17, 15) is 22.4 Å². The van der Waals surface area contributed by atoms with E-state index in [0.717, 1.165) is 18.5 Å². The lowest BCUT2D eigenvalue weighted by Gasteiger charge is -2.32. The van der Waals surface area contributed by atoms with Gasteiger partial charge in [0.05, 0.1) is 11.9 Å². The average molecular weight is 531 g/mol. The third-order valence-corrected chi connectivity index (χ3v) is 7.18. The Bertz CT molecular complexity index is 1040. The Morgan fingerprint density at radius 3 is 2.61 bits per heavy atom. The molecule has 1 fully saturated rings. The highest BCUT2D eigenvalue weighted by Crippen LogP contribution is 2.35. The van der Waals surface area contributed by atoms with Gasteiger partial charge < -0.3 is 19.6 Å². The van der Waals surface area contributed by atoms with E-state index in [-0.39, 0.29) is 11.6 Å². The maximum atomic E-state index is 13.4. The predicted molar refractivity (Wildman–Crippen MR) is 130 cm³/mol. The summed E-state index contributed by atoms with van der Waals surface area (Å²) in [5.41, 5.74) is 1.76. The molecule has 1 unspecified atom stereocenters. The number of halogens is 4. The monoisotopic (exact) mass is 530 g/mol. The van der Waals surface area contributed by atoms with E-state index in [0.29, 0.717) is 16.8 Å². The highest BCUT2D eigenvalue weighted by atomic mass is 32.2. The van der Waals surface area contributed by atoms with Crippen molar-refractivity contribution in [1.82, 2.24) is 20.3 Å². The number of rotatable bonds is 6. The normalized spacial score (nSPS) is 21.4. The number of hydrogen-bond acceptors (Lipinski definition) is 8. The summed E-state index contributed by atoms with van der Waals surface area (Å²) in [6.45, 7) is 2.43. The number of allylic oxidation sites excluding steroid dienone is 2. The van der Waals surface area contributed by atoms with E-state index >= 15 is 0 Å². The lowest BCUT2D eigenvalue weighted by atomic mass is 9.95. The molecule has 1 aromatic heterocycles. The second-order valence-corrected chi connectivity index (χ2v) is 10.0. The number of thioether (sulfide) groups is 1. The molecule has 7 nitrogen and oxygen atoms in total. The molecule has 4 heterocycles. The molecule has 0 aromatic carbocycles. The molecule has 0 saturated carbocycles. The fourth-order valence-electron chi connectivity index (χ4n) is 3.69. The lowest BCUT2D eigenvalue weighted by molar-refractivity contribution is -0.153. The first-order chi connectivity index (χ1) is 17.0. The summed E-state index contributed by atoms with van der Waals surface area (Å²) >= 11 is 2.07. The minimum atomic E-state index is -4.59. The van der Waals surface area contributed by atoms with Crippen molar-refractivity contribution in [3.63, 3.8) is 0 Å². The third kappa shape index (κ3) is 7.01. The van der Waals surface area contributed by atoms with Crippen LogP contribution in [0, 0.1) is 5.82 Å². The van der Waals surface area contributed by atoms with Gasteiger partial charge in [0.2, 0.25) is 0 Å². The molecule has 12 heteroatoms. The summed E-state index contributed by atoms with van der Waals surface area (Å²) in [7, 11) is 3.80. The van der Waals surface area contributed by atoms with Gasteiger partial charge in [-0.05, 0) is 57.4 Å². The summed E-state index contributed by atoms with van der Waals surface area (Å²) < 4.78 is 60.8. The molecule has 4 rings (SSSR count). The zero-order valence-corrected chi connectivity index (χ0v) is 21.4. The van der Waals surface area contributed by atoms with Crippen LogP contribution in [0.1, 0.15) is 26.7 Å². The number of nitrogens with zero attached hydrogens (tertiary/aromatic N) is 3. The first-order valence-electron chi connectivity index (χ1n) is 11.3. The molecule has 0 bridgehead atoms. The number of carbonyl (C=O) groups is 1. The third-order valence-electron chi connectivity index (χ3n) is 6.19. The van der Waals surface area contributed by atoms with Crippen LogP contribution in [0.4, 0.5) is 17.6 Å². The SMILES string of the molecule is CC1=C(Oc2ncc(F)cc2OCC(F)(F)F)C=CN2C1=CC(C=O)N2C.CNC1(C)CCSCC1. The van der Waals surface area contributed by atoms with Gasteiger partial charge >= 0.3 is 6.18 Å². The number of hydrazine groups is 1. The number of carbonyl (C=O) groups excluding carboxylic acids is 1. The highest BCUT2D eigenvalue weighted by molar-refractivity contribution is 7.99. The molecule has 3 aliphatic rings. The van der Waals surface area contributed by atoms with Crippen molar-refractivity contribution in [2.24, 2.45) is 0 Å². The van der Waals surface area contributed by atoms with Gasteiger partial charge in [-0.2, -0.15) is 24.9 Å². The van der Waals surface area contributed by atoms with Crippen molar-refractivity contribution >= 4 is 18.0 Å². The summed E-state index contributed by atoms with van der Waals surface area (Å²) in [6, 6.07) is 0.321. The van der Waals surface area contributed by atoms with Gasteiger partial charge in [-0.15, -0.1) is 0 Å². The van der Waals surface area contributed by atoms with Gasteiger partial charge in [0, 0.05) is 30.4 Å². The fourth-order valence-corrected chi connectivity index (χ4v) is 5.09. The molecule has 0 aliphatic carbocycles. The second kappa shape index (κ2) is 11.7. The average Bonchev–Trinajstić information content (AvgIpc) is 3.17. The van der Waals surface area contributed by atoms with Crippen LogP contribution >= 0.6 is 11.8 Å². The maximum absolute atomic E-state index is 13.4. The number of fused-ring (bicyclic) bond motifs is 1. The summed E-state index contributed by atoms with van der Waals surface area (Å²) in [4.78, 5) is 14.8. The van der Waals surface area contributed by atoms with Crippen molar-refractivity contribution in [3.05, 3.63) is 53.5 Å². The van der Waals surface area contributed by atoms with Crippen molar-refractivity contribution in [1.29, 1.82) is 0 Å². The van der Waals surface area contributed by atoms with E-state index in [4.69, 9.17) is 4.74 Å². The quantitative estimate of drug-likeness (QED) is 0.428. The zero-order chi connectivity index (χ0) is 26.5. The van der Waals surface area contributed by atoms with E-state index < -0.39 is 30.4 Å². The molecule has 1 N–H and O–H groups in total. The molecule has 0 spiro atoms. The Labute approximate surface area is 212 Å². The Balaban J connectivity index is 0.000000338. The van der Waals surface area contributed by atoms with Crippen molar-refractivity contribution in [3.8, 4) is 11.6 Å². The lowest BCUT2D eigenvalue weighted by Crippen LogP contribution is -2.42. The smallest absolute Gasteiger partial charge is 0.422 e. The number of aldehydes is 1. The highest BCUT2D eigenvalue weighted by Gasteiger charge is 2.33. The van der Waals surface area contributed by atoms with Crippen LogP contribution < -0.4 is 14.8 Å². The van der Waals surface area contributed by atoms with Gasteiger partial charge in [0.25, 0.3) is 5.88 Å². The van der Waals surface area contributed by atoms with Gasteiger partial charge in [0.1, 0.15) is 23.9 Å². The Kier molecular flexibility index (Phi) is 9.07. The molecule has 1 atom stereocenters. The number of pyridine rings is 1. The Hall–Kier alpha value is -2.57. The number of ether oxygens (including phenoxy) is 2. The van der Waals surface area contributed by atoms with Crippen LogP contribution in [0.5, 0.6) is 11.6 Å². The molecule has 0 radical (unpaired) electrons. The predicted octanol–water partition coefficient (Wildman–Crippen LogP) is 4.45. The van der Waals surface area contributed by atoms with Crippen LogP contribution in [0.3, 0.4) is 0 Å². The molecular weight excluding hydrogens is 500 g/mol.